The Balaban J connectivity index is 1.32. The van der Waals surface area contributed by atoms with Crippen LogP contribution in [0.5, 0.6) is 11.5 Å². The Hall–Kier alpha value is -5.01. The number of hydrogen-bond acceptors (Lipinski definition) is 3. The highest BCUT2D eigenvalue weighted by atomic mass is 16.5. The zero-order chi connectivity index (χ0) is 35.6. The number of ether oxygens (including phenoxy) is 2. The van der Waals surface area contributed by atoms with Gasteiger partial charge in [0.25, 0.3) is 0 Å². The van der Waals surface area contributed by atoms with Crippen molar-refractivity contribution in [2.24, 2.45) is 11.8 Å². The molecule has 0 radical (unpaired) electrons. The van der Waals surface area contributed by atoms with Crippen molar-refractivity contribution < 1.29 is 9.47 Å². The number of nitrogens with zero attached hydrogens (tertiary/aromatic N) is 2. The quantitative estimate of drug-likeness (QED) is 0.0966. The maximum absolute atomic E-state index is 9.44. The van der Waals surface area contributed by atoms with Gasteiger partial charge in [0.2, 0.25) is 0 Å². The Kier molecular flexibility index (Phi) is 12.1. The summed E-state index contributed by atoms with van der Waals surface area (Å²) in [7, 11) is 0. The molecule has 0 aliphatic heterocycles. The van der Waals surface area contributed by atoms with E-state index in [-0.39, 0.29) is 0 Å². The van der Waals surface area contributed by atoms with Crippen molar-refractivity contribution in [3.63, 3.8) is 0 Å². The van der Waals surface area contributed by atoms with E-state index in [0.29, 0.717) is 17.4 Å². The molecule has 0 aliphatic rings. The Morgan fingerprint density at radius 3 is 1.37 bits per heavy atom. The lowest BCUT2D eigenvalue weighted by molar-refractivity contribution is 0.233. The van der Waals surface area contributed by atoms with E-state index in [2.05, 4.69) is 123 Å². The summed E-state index contributed by atoms with van der Waals surface area (Å²) < 4.78 is 14.7. The molecule has 0 saturated heterocycles. The zero-order valence-corrected chi connectivity index (χ0v) is 30.8. The summed E-state index contributed by atoms with van der Waals surface area (Å²) in [6.07, 6.45) is 9.71. The number of benzene rings is 5. The smallest absolute Gasteiger partial charge is 0.119 e. The molecule has 1 aromatic heterocycles. The van der Waals surface area contributed by atoms with E-state index in [1.165, 1.54) is 60.4 Å². The summed E-state index contributed by atoms with van der Waals surface area (Å²) >= 11 is 0. The van der Waals surface area contributed by atoms with Crippen LogP contribution >= 0.6 is 0 Å². The minimum atomic E-state index is 0.602. The van der Waals surface area contributed by atoms with Crippen LogP contribution in [0.15, 0.2) is 109 Å². The molecule has 6 rings (SSSR count). The van der Waals surface area contributed by atoms with Gasteiger partial charge in [-0.2, -0.15) is 5.26 Å². The van der Waals surface area contributed by atoms with Gasteiger partial charge in [0.15, 0.2) is 0 Å². The van der Waals surface area contributed by atoms with Crippen LogP contribution in [0.2, 0.25) is 0 Å². The minimum absolute atomic E-state index is 0.602. The van der Waals surface area contributed by atoms with Gasteiger partial charge in [0.05, 0.1) is 35.9 Å². The van der Waals surface area contributed by atoms with Crippen molar-refractivity contribution in [2.75, 3.05) is 13.2 Å². The second-order valence-electron chi connectivity index (χ2n) is 14.0. The van der Waals surface area contributed by atoms with Crippen molar-refractivity contribution in [3.05, 3.63) is 115 Å². The van der Waals surface area contributed by atoms with Crippen LogP contribution in [-0.2, 0) is 0 Å². The average molecular weight is 677 g/mol. The highest BCUT2D eigenvalue weighted by molar-refractivity contribution is 6.11. The maximum Gasteiger partial charge on any atom is 0.119 e. The van der Waals surface area contributed by atoms with E-state index < -0.39 is 0 Å². The van der Waals surface area contributed by atoms with Crippen LogP contribution < -0.4 is 9.47 Å². The van der Waals surface area contributed by atoms with Gasteiger partial charge in [0, 0.05) is 16.5 Å². The van der Waals surface area contributed by atoms with Gasteiger partial charge >= 0.3 is 0 Å². The monoisotopic (exact) mass is 676 g/mol. The molecular weight excluding hydrogens is 625 g/mol. The highest BCUT2D eigenvalue weighted by Gasteiger charge is 2.16. The minimum Gasteiger partial charge on any atom is -0.493 e. The Bertz CT molecular complexity index is 1930. The fourth-order valence-corrected chi connectivity index (χ4v) is 7.06. The number of unbranched alkanes of at least 4 members (excludes halogenated alkanes) is 2. The van der Waals surface area contributed by atoms with Crippen LogP contribution in [0.4, 0.5) is 0 Å². The zero-order valence-electron chi connectivity index (χ0n) is 30.8. The molecule has 6 aromatic rings. The standard InChI is InChI=1S/C47H52N2O2/c1-5-9-11-34(7-3)32-50-42-23-15-37(16-24-42)39-19-27-46-44(29-39)45-30-40(20-28-47(45)49(46)41-21-13-36(31-48)14-22-41)38-17-25-43(26-18-38)51-33-35(8-4)12-10-6-2/h13-30,34-35H,5-12,32-33H2,1-4H3. The first-order valence-corrected chi connectivity index (χ1v) is 19.1. The van der Waals surface area contributed by atoms with Crippen LogP contribution in [-0.4, -0.2) is 17.8 Å². The third kappa shape index (κ3) is 8.49. The van der Waals surface area contributed by atoms with Gasteiger partial charge in [-0.15, -0.1) is 0 Å². The topological polar surface area (TPSA) is 47.2 Å². The van der Waals surface area contributed by atoms with Gasteiger partial charge in [-0.1, -0.05) is 103 Å². The van der Waals surface area contributed by atoms with Crippen LogP contribution in [0.25, 0.3) is 49.7 Å². The maximum atomic E-state index is 9.44. The number of hydrogen-bond donors (Lipinski definition) is 0. The lowest BCUT2D eigenvalue weighted by atomic mass is 10.00. The van der Waals surface area contributed by atoms with Gasteiger partial charge in [0.1, 0.15) is 11.5 Å². The molecule has 0 spiro atoms. The second-order valence-corrected chi connectivity index (χ2v) is 14.0. The molecule has 4 nitrogen and oxygen atoms in total. The van der Waals surface area contributed by atoms with E-state index >= 15 is 0 Å². The van der Waals surface area contributed by atoms with Gasteiger partial charge in [-0.25, -0.2) is 0 Å². The molecular formula is C47H52N2O2. The van der Waals surface area contributed by atoms with Crippen molar-refractivity contribution in [3.8, 4) is 45.5 Å². The molecule has 5 aromatic carbocycles. The largest absolute Gasteiger partial charge is 0.493 e. The average Bonchev–Trinajstić information content (AvgIpc) is 3.51. The summed E-state index contributed by atoms with van der Waals surface area (Å²) in [5.74, 6) is 3.06. The summed E-state index contributed by atoms with van der Waals surface area (Å²) in [6, 6.07) is 40.7. The van der Waals surface area contributed by atoms with Crippen molar-refractivity contribution >= 4 is 21.8 Å². The first-order valence-electron chi connectivity index (χ1n) is 19.1. The van der Waals surface area contributed by atoms with E-state index in [1.54, 1.807) is 0 Å². The third-order valence-corrected chi connectivity index (χ3v) is 10.5. The molecule has 0 saturated carbocycles. The molecule has 0 fully saturated rings. The lowest BCUT2D eigenvalue weighted by Gasteiger charge is -2.15. The van der Waals surface area contributed by atoms with Gasteiger partial charge < -0.3 is 14.0 Å². The molecule has 2 atom stereocenters. The molecule has 51 heavy (non-hydrogen) atoms. The van der Waals surface area contributed by atoms with E-state index in [0.717, 1.165) is 65.4 Å². The summed E-state index contributed by atoms with van der Waals surface area (Å²) in [5.41, 5.74) is 8.60. The highest BCUT2D eigenvalue weighted by Crippen LogP contribution is 2.38. The third-order valence-electron chi connectivity index (χ3n) is 10.5. The first kappa shape index (κ1) is 35.8. The summed E-state index contributed by atoms with van der Waals surface area (Å²) in [5, 5.41) is 11.8. The van der Waals surface area contributed by atoms with E-state index in [1.807, 2.05) is 24.3 Å². The van der Waals surface area contributed by atoms with E-state index in [4.69, 9.17) is 9.47 Å². The molecule has 0 aliphatic carbocycles. The van der Waals surface area contributed by atoms with Crippen LogP contribution in [0, 0.1) is 23.2 Å². The second kappa shape index (κ2) is 17.3. The SMILES string of the molecule is CCCCC(CC)COc1ccc(-c2ccc3c(c2)c2cc(-c4ccc(OCC(CC)CCCC)cc4)ccc2n3-c2ccc(C#N)cc2)cc1. The fourth-order valence-electron chi connectivity index (χ4n) is 7.06. The number of nitriles is 1. The molecule has 0 amide bonds. The van der Waals surface area contributed by atoms with Crippen molar-refractivity contribution in [1.29, 1.82) is 5.26 Å². The van der Waals surface area contributed by atoms with Crippen LogP contribution in [0.3, 0.4) is 0 Å². The van der Waals surface area contributed by atoms with Crippen molar-refractivity contribution in [2.45, 2.75) is 79.1 Å². The summed E-state index contributed by atoms with van der Waals surface area (Å²) in [4.78, 5) is 0. The normalized spacial score (nSPS) is 12.5. The molecule has 262 valence electrons. The molecule has 4 heteroatoms. The number of rotatable bonds is 17. The molecule has 0 bridgehead atoms. The van der Waals surface area contributed by atoms with Gasteiger partial charge in [-0.3, -0.25) is 0 Å². The number of fused-ring (bicyclic) bond motifs is 3. The predicted molar refractivity (Wildman–Crippen MR) is 214 cm³/mol. The van der Waals surface area contributed by atoms with Crippen molar-refractivity contribution in [1.82, 2.24) is 4.57 Å². The fraction of sp³-hybridized carbons (Fsp3) is 0.340. The Labute approximate surface area is 304 Å². The Morgan fingerprint density at radius 1 is 0.549 bits per heavy atom. The van der Waals surface area contributed by atoms with E-state index in [9.17, 15) is 5.26 Å². The molecule has 0 N–H and O–H groups in total. The first-order chi connectivity index (χ1) is 25.0. The molecule has 1 heterocycles. The lowest BCUT2D eigenvalue weighted by Crippen LogP contribution is -2.11. The Morgan fingerprint density at radius 2 is 0.980 bits per heavy atom. The summed E-state index contributed by atoms with van der Waals surface area (Å²) in [6.45, 7) is 10.6. The van der Waals surface area contributed by atoms with Crippen LogP contribution in [0.1, 0.15) is 84.6 Å². The molecule has 2 unspecified atom stereocenters. The van der Waals surface area contributed by atoms with Gasteiger partial charge in [-0.05, 0) is 120 Å². The predicted octanol–water partition coefficient (Wildman–Crippen LogP) is 13.2. The number of aromatic nitrogens is 1.